The monoisotopic (exact) mass is 417 g/mol. The first kappa shape index (κ1) is 19.5. The van der Waals surface area contributed by atoms with E-state index in [1.807, 2.05) is 35.4 Å². The van der Waals surface area contributed by atoms with Crippen molar-refractivity contribution in [3.63, 3.8) is 0 Å². The standard InChI is InChI=1S/C25H24FN3O2/c26-19-10-8-17(9-11-19)22-23(28-13-4-1-5-14-28)25(31)29(24(22)30)15-12-18-16-27-21-7-3-2-6-20(18)21/h2-3,6-11,16,27H,1,4-5,12-15H2. The Kier molecular flexibility index (Phi) is 5.06. The molecule has 1 fully saturated rings. The van der Waals surface area contributed by atoms with Gasteiger partial charge in [-0.15, -0.1) is 0 Å². The van der Waals surface area contributed by atoms with E-state index in [9.17, 15) is 14.0 Å². The molecule has 0 saturated carbocycles. The fourth-order valence-electron chi connectivity index (χ4n) is 4.62. The lowest BCUT2D eigenvalue weighted by molar-refractivity contribution is -0.137. The van der Waals surface area contributed by atoms with Gasteiger partial charge in [0.15, 0.2) is 0 Å². The molecule has 2 aliphatic heterocycles. The quantitative estimate of drug-likeness (QED) is 0.636. The van der Waals surface area contributed by atoms with Crippen molar-refractivity contribution < 1.29 is 14.0 Å². The molecular formula is C25H24FN3O2. The summed E-state index contributed by atoms with van der Waals surface area (Å²) in [6.07, 6.45) is 5.64. The Morgan fingerprint density at radius 2 is 1.65 bits per heavy atom. The van der Waals surface area contributed by atoms with Crippen LogP contribution >= 0.6 is 0 Å². The molecule has 2 amide bonds. The third-order valence-corrected chi connectivity index (χ3v) is 6.23. The first-order valence-corrected chi connectivity index (χ1v) is 10.8. The van der Waals surface area contributed by atoms with Gasteiger partial charge in [-0.05, 0) is 55.0 Å². The predicted molar refractivity (Wildman–Crippen MR) is 117 cm³/mol. The van der Waals surface area contributed by atoms with E-state index < -0.39 is 0 Å². The maximum absolute atomic E-state index is 13.5. The van der Waals surface area contributed by atoms with E-state index in [1.54, 1.807) is 12.1 Å². The fraction of sp³-hybridized carbons (Fsp3) is 0.280. The summed E-state index contributed by atoms with van der Waals surface area (Å²) in [4.78, 5) is 33.4. The minimum Gasteiger partial charge on any atom is -0.366 e. The number of likely N-dealkylation sites (tertiary alicyclic amines) is 1. The molecule has 2 aromatic carbocycles. The largest absolute Gasteiger partial charge is 0.366 e. The molecule has 5 nitrogen and oxygen atoms in total. The van der Waals surface area contributed by atoms with E-state index in [2.05, 4.69) is 4.98 Å². The maximum atomic E-state index is 13.5. The number of benzene rings is 2. The van der Waals surface area contributed by atoms with Crippen molar-refractivity contribution in [1.82, 2.24) is 14.8 Å². The van der Waals surface area contributed by atoms with Crippen molar-refractivity contribution in [2.75, 3.05) is 19.6 Å². The number of aromatic nitrogens is 1. The minimum absolute atomic E-state index is 0.244. The number of carbonyl (C=O) groups excluding carboxylic acids is 2. The highest BCUT2D eigenvalue weighted by atomic mass is 19.1. The summed E-state index contributed by atoms with van der Waals surface area (Å²) in [7, 11) is 0. The van der Waals surface area contributed by atoms with Crippen LogP contribution < -0.4 is 0 Å². The summed E-state index contributed by atoms with van der Waals surface area (Å²) < 4.78 is 13.5. The number of nitrogens with zero attached hydrogens (tertiary/aromatic N) is 2. The second-order valence-electron chi connectivity index (χ2n) is 8.15. The average Bonchev–Trinajstić information content (AvgIpc) is 3.32. The maximum Gasteiger partial charge on any atom is 0.277 e. The lowest BCUT2D eigenvalue weighted by Gasteiger charge is -2.29. The van der Waals surface area contributed by atoms with Crippen molar-refractivity contribution in [2.24, 2.45) is 0 Å². The second kappa shape index (κ2) is 8.02. The van der Waals surface area contributed by atoms with Crippen LogP contribution in [0.4, 0.5) is 4.39 Å². The highest BCUT2D eigenvalue weighted by Crippen LogP contribution is 2.33. The van der Waals surface area contributed by atoms with Gasteiger partial charge in [0.05, 0.1) is 5.57 Å². The third kappa shape index (κ3) is 3.52. The van der Waals surface area contributed by atoms with Crippen LogP contribution in [0.1, 0.15) is 30.4 Å². The molecule has 2 aliphatic rings. The number of carbonyl (C=O) groups is 2. The van der Waals surface area contributed by atoms with E-state index in [4.69, 9.17) is 0 Å². The molecule has 5 rings (SSSR count). The van der Waals surface area contributed by atoms with Gasteiger partial charge in [0.2, 0.25) is 0 Å². The number of fused-ring (bicyclic) bond motifs is 1. The lowest BCUT2D eigenvalue weighted by Crippen LogP contribution is -2.38. The second-order valence-corrected chi connectivity index (χ2v) is 8.15. The Bertz CT molecular complexity index is 1170. The van der Waals surface area contributed by atoms with Crippen LogP contribution in [0.5, 0.6) is 0 Å². The van der Waals surface area contributed by atoms with Gasteiger partial charge >= 0.3 is 0 Å². The van der Waals surface area contributed by atoms with Crippen LogP contribution in [0.15, 0.2) is 60.4 Å². The molecule has 0 atom stereocenters. The molecule has 0 unspecified atom stereocenters. The first-order valence-electron chi connectivity index (χ1n) is 10.8. The Morgan fingerprint density at radius 3 is 2.42 bits per heavy atom. The Morgan fingerprint density at radius 1 is 0.903 bits per heavy atom. The number of aromatic amines is 1. The molecule has 0 aliphatic carbocycles. The lowest BCUT2D eigenvalue weighted by atomic mass is 10.0. The van der Waals surface area contributed by atoms with Gasteiger partial charge in [-0.25, -0.2) is 4.39 Å². The first-order chi connectivity index (χ1) is 15.1. The normalized spacial score (nSPS) is 17.3. The average molecular weight is 417 g/mol. The van der Waals surface area contributed by atoms with Gasteiger partial charge in [0, 0.05) is 36.7 Å². The minimum atomic E-state index is -0.364. The summed E-state index contributed by atoms with van der Waals surface area (Å²) in [5, 5.41) is 1.10. The molecule has 0 spiro atoms. The molecule has 1 saturated heterocycles. The van der Waals surface area contributed by atoms with E-state index >= 15 is 0 Å². The number of nitrogens with one attached hydrogen (secondary N) is 1. The smallest absolute Gasteiger partial charge is 0.277 e. The fourth-order valence-corrected chi connectivity index (χ4v) is 4.62. The predicted octanol–water partition coefficient (Wildman–Crippen LogP) is 4.12. The molecule has 0 bridgehead atoms. The third-order valence-electron chi connectivity index (χ3n) is 6.23. The number of amides is 2. The number of H-pyrrole nitrogens is 1. The molecule has 1 N–H and O–H groups in total. The molecule has 158 valence electrons. The van der Waals surface area contributed by atoms with E-state index in [0.717, 1.165) is 48.8 Å². The van der Waals surface area contributed by atoms with Crippen LogP contribution in [0.25, 0.3) is 16.5 Å². The van der Waals surface area contributed by atoms with Gasteiger partial charge in [0.1, 0.15) is 11.5 Å². The number of hydrogen-bond acceptors (Lipinski definition) is 3. The van der Waals surface area contributed by atoms with Crippen molar-refractivity contribution in [3.05, 3.63) is 77.4 Å². The van der Waals surface area contributed by atoms with E-state index in [0.29, 0.717) is 29.8 Å². The summed E-state index contributed by atoms with van der Waals surface area (Å²) in [5.74, 6) is -0.903. The van der Waals surface area contributed by atoms with Gasteiger partial charge in [-0.1, -0.05) is 30.3 Å². The molecular weight excluding hydrogens is 393 g/mol. The van der Waals surface area contributed by atoms with Crippen LogP contribution in [0, 0.1) is 5.82 Å². The van der Waals surface area contributed by atoms with Crippen LogP contribution in [0.3, 0.4) is 0 Å². The Hall–Kier alpha value is -3.41. The van der Waals surface area contributed by atoms with Crippen LogP contribution in [-0.2, 0) is 16.0 Å². The molecule has 3 heterocycles. The highest BCUT2D eigenvalue weighted by molar-refractivity contribution is 6.35. The number of piperidine rings is 1. The van der Waals surface area contributed by atoms with E-state index in [1.165, 1.54) is 17.0 Å². The summed E-state index contributed by atoms with van der Waals surface area (Å²) >= 11 is 0. The van der Waals surface area contributed by atoms with Gasteiger partial charge in [0.25, 0.3) is 11.8 Å². The molecule has 3 aromatic rings. The van der Waals surface area contributed by atoms with Crippen LogP contribution in [-0.4, -0.2) is 46.2 Å². The van der Waals surface area contributed by atoms with Crippen molar-refractivity contribution >= 4 is 28.3 Å². The SMILES string of the molecule is O=C1C(c2ccc(F)cc2)=C(N2CCCCC2)C(=O)N1CCc1c[nH]c2ccccc12. The van der Waals surface area contributed by atoms with E-state index in [-0.39, 0.29) is 17.6 Å². The van der Waals surface area contributed by atoms with Gasteiger partial charge in [-0.2, -0.15) is 0 Å². The number of rotatable bonds is 5. The molecule has 1 aromatic heterocycles. The molecule has 0 radical (unpaired) electrons. The zero-order chi connectivity index (χ0) is 21.4. The number of halogens is 1. The summed E-state index contributed by atoms with van der Waals surface area (Å²) in [6.45, 7) is 1.83. The number of hydrogen-bond donors (Lipinski definition) is 1. The Labute approximate surface area is 180 Å². The van der Waals surface area contributed by atoms with Crippen molar-refractivity contribution in [2.45, 2.75) is 25.7 Å². The number of imide groups is 1. The molecule has 31 heavy (non-hydrogen) atoms. The topological polar surface area (TPSA) is 56.4 Å². The van der Waals surface area contributed by atoms with Gasteiger partial charge < -0.3 is 9.88 Å². The van der Waals surface area contributed by atoms with Crippen molar-refractivity contribution in [1.29, 1.82) is 0 Å². The summed E-state index contributed by atoms with van der Waals surface area (Å²) in [5.41, 5.74) is 3.57. The summed E-state index contributed by atoms with van der Waals surface area (Å²) in [6, 6.07) is 13.8. The number of para-hydroxylation sites is 1. The van der Waals surface area contributed by atoms with Gasteiger partial charge in [-0.3, -0.25) is 14.5 Å². The highest BCUT2D eigenvalue weighted by Gasteiger charge is 2.41. The zero-order valence-electron chi connectivity index (χ0n) is 17.2. The Balaban J connectivity index is 1.45. The van der Waals surface area contributed by atoms with Crippen molar-refractivity contribution in [3.8, 4) is 0 Å². The molecule has 6 heteroatoms. The zero-order valence-corrected chi connectivity index (χ0v) is 17.2. The van der Waals surface area contributed by atoms with Crippen LogP contribution in [0.2, 0.25) is 0 Å².